The second kappa shape index (κ2) is 13.2. The van der Waals surface area contributed by atoms with Crippen molar-refractivity contribution in [2.75, 3.05) is 6.54 Å². The molecule has 9 N–H and O–H groups in total. The van der Waals surface area contributed by atoms with E-state index in [0.29, 0.717) is 31.4 Å². The molecular weight excluding hydrogens is 408 g/mol. The van der Waals surface area contributed by atoms with Gasteiger partial charge in [0.1, 0.15) is 17.8 Å². The number of phenolic OH excluding ortho intramolecular Hbond substituents is 1. The lowest BCUT2D eigenvalue weighted by atomic mass is 10.0. The first-order valence-corrected chi connectivity index (χ1v) is 9.93. The Hall–Kier alpha value is -3.18. The number of aromatic hydroxyl groups is 1. The highest BCUT2D eigenvalue weighted by Crippen LogP contribution is 2.12. The number of benzene rings is 1. The van der Waals surface area contributed by atoms with Crippen LogP contribution in [0.2, 0.25) is 0 Å². The third-order valence-electron chi connectivity index (χ3n) is 4.58. The number of aliphatic carboxylic acids is 2. The first-order valence-electron chi connectivity index (χ1n) is 9.93. The molecule has 1 aromatic rings. The fraction of sp³-hybridized carbons (Fsp3) is 0.500. The molecule has 11 heteroatoms. The van der Waals surface area contributed by atoms with Gasteiger partial charge in [0.25, 0.3) is 0 Å². The lowest BCUT2D eigenvalue weighted by Gasteiger charge is -2.23. The fourth-order valence-electron chi connectivity index (χ4n) is 2.79. The number of hydrogen-bond acceptors (Lipinski definition) is 7. The predicted molar refractivity (Wildman–Crippen MR) is 111 cm³/mol. The lowest BCUT2D eigenvalue weighted by Crippen LogP contribution is -2.55. The zero-order valence-electron chi connectivity index (χ0n) is 17.1. The van der Waals surface area contributed by atoms with Crippen LogP contribution in [0, 0.1) is 0 Å². The van der Waals surface area contributed by atoms with Gasteiger partial charge < -0.3 is 37.4 Å². The molecule has 3 unspecified atom stereocenters. The number of unbranched alkanes of at least 4 members (excludes halogenated alkanes) is 1. The Balaban J connectivity index is 2.92. The van der Waals surface area contributed by atoms with Crippen molar-refractivity contribution < 1.29 is 34.5 Å². The van der Waals surface area contributed by atoms with E-state index in [1.165, 1.54) is 12.1 Å². The van der Waals surface area contributed by atoms with Crippen molar-refractivity contribution in [2.24, 2.45) is 11.5 Å². The number of nitrogens with one attached hydrogen (secondary N) is 2. The van der Waals surface area contributed by atoms with Crippen molar-refractivity contribution in [3.63, 3.8) is 0 Å². The Kier molecular flexibility index (Phi) is 11.0. The summed E-state index contributed by atoms with van der Waals surface area (Å²) in [5.74, 6) is -3.92. The van der Waals surface area contributed by atoms with Gasteiger partial charge >= 0.3 is 11.9 Å². The molecule has 0 radical (unpaired) electrons. The number of amides is 2. The average Bonchev–Trinajstić information content (AvgIpc) is 2.71. The van der Waals surface area contributed by atoms with Gasteiger partial charge in [-0.2, -0.15) is 0 Å². The van der Waals surface area contributed by atoms with Crippen LogP contribution in [0.3, 0.4) is 0 Å². The highest BCUT2D eigenvalue weighted by Gasteiger charge is 2.28. The molecule has 1 rings (SSSR count). The van der Waals surface area contributed by atoms with Gasteiger partial charge in [0.15, 0.2) is 0 Å². The van der Waals surface area contributed by atoms with Gasteiger partial charge in [0, 0.05) is 12.8 Å². The Morgan fingerprint density at radius 1 is 0.903 bits per heavy atom. The molecule has 172 valence electrons. The molecule has 0 aliphatic rings. The minimum absolute atomic E-state index is 0.0125. The molecule has 0 fully saturated rings. The number of nitrogens with two attached hydrogens (primary N) is 2. The number of rotatable bonds is 14. The van der Waals surface area contributed by atoms with Crippen molar-refractivity contribution in [3.8, 4) is 5.75 Å². The summed E-state index contributed by atoms with van der Waals surface area (Å²) >= 11 is 0. The monoisotopic (exact) mass is 438 g/mol. The van der Waals surface area contributed by atoms with Crippen LogP contribution in [0.15, 0.2) is 24.3 Å². The first kappa shape index (κ1) is 25.9. The molecule has 11 nitrogen and oxygen atoms in total. The predicted octanol–water partition coefficient (Wildman–Crippen LogP) is -0.690. The zero-order chi connectivity index (χ0) is 23.4. The summed E-state index contributed by atoms with van der Waals surface area (Å²) < 4.78 is 0. The summed E-state index contributed by atoms with van der Waals surface area (Å²) in [6, 6.07) is 2.49. The summed E-state index contributed by atoms with van der Waals surface area (Å²) in [4.78, 5) is 47.3. The molecule has 0 aliphatic heterocycles. The number of hydrogen-bond donors (Lipinski definition) is 7. The van der Waals surface area contributed by atoms with E-state index in [1.54, 1.807) is 12.1 Å². The van der Waals surface area contributed by atoms with Gasteiger partial charge in [-0.3, -0.25) is 14.4 Å². The van der Waals surface area contributed by atoms with E-state index in [1.807, 2.05) is 0 Å². The quantitative estimate of drug-likeness (QED) is 0.183. The molecule has 2 amide bonds. The maximum Gasteiger partial charge on any atom is 0.326 e. The van der Waals surface area contributed by atoms with Crippen LogP contribution in [0.1, 0.15) is 37.7 Å². The van der Waals surface area contributed by atoms with Crippen molar-refractivity contribution in [2.45, 2.75) is 56.7 Å². The molecule has 0 aromatic heterocycles. The van der Waals surface area contributed by atoms with Gasteiger partial charge in [0.2, 0.25) is 11.8 Å². The van der Waals surface area contributed by atoms with Crippen molar-refractivity contribution >= 4 is 23.8 Å². The number of carbonyl (C=O) groups excluding carboxylic acids is 2. The summed E-state index contributed by atoms with van der Waals surface area (Å²) in [5.41, 5.74) is 11.9. The highest BCUT2D eigenvalue weighted by molar-refractivity contribution is 5.92. The SMILES string of the molecule is NCCCCC(N)C(=O)NC(Cc1ccc(O)cc1)C(=O)NC(CCC(=O)O)C(=O)O. The van der Waals surface area contributed by atoms with Crippen molar-refractivity contribution in [1.29, 1.82) is 0 Å². The van der Waals surface area contributed by atoms with Gasteiger partial charge in [0.05, 0.1) is 6.04 Å². The summed E-state index contributed by atoms with van der Waals surface area (Å²) in [5, 5.41) is 32.3. The molecule has 0 saturated heterocycles. The van der Waals surface area contributed by atoms with E-state index in [0.717, 1.165) is 0 Å². The van der Waals surface area contributed by atoms with E-state index < -0.39 is 48.3 Å². The molecule has 3 atom stereocenters. The fourth-order valence-corrected chi connectivity index (χ4v) is 2.79. The maximum absolute atomic E-state index is 12.7. The Morgan fingerprint density at radius 2 is 1.52 bits per heavy atom. The van der Waals surface area contributed by atoms with Crippen LogP contribution in [-0.2, 0) is 25.6 Å². The summed E-state index contributed by atoms with van der Waals surface area (Å²) in [7, 11) is 0. The van der Waals surface area contributed by atoms with Gasteiger partial charge in [-0.15, -0.1) is 0 Å². The minimum atomic E-state index is -1.43. The van der Waals surface area contributed by atoms with Crippen LogP contribution in [-0.4, -0.2) is 63.7 Å². The van der Waals surface area contributed by atoms with Crippen LogP contribution >= 0.6 is 0 Å². The minimum Gasteiger partial charge on any atom is -0.508 e. The zero-order valence-corrected chi connectivity index (χ0v) is 17.1. The number of carboxylic acid groups (broad SMARTS) is 2. The maximum atomic E-state index is 12.7. The lowest BCUT2D eigenvalue weighted by molar-refractivity contribution is -0.143. The normalized spacial score (nSPS) is 13.6. The Bertz CT molecular complexity index is 754. The Labute approximate surface area is 179 Å². The number of carbonyl (C=O) groups is 4. The Morgan fingerprint density at radius 3 is 2.06 bits per heavy atom. The van der Waals surface area contributed by atoms with E-state index >= 15 is 0 Å². The standard InChI is InChI=1S/C20H30N4O7/c21-10-2-1-3-14(22)18(28)24-16(11-12-4-6-13(25)7-5-12)19(29)23-15(20(30)31)8-9-17(26)27/h4-7,14-16,25H,1-3,8-11,21-22H2,(H,23,29)(H,24,28)(H,26,27)(H,30,31). The van der Waals surface area contributed by atoms with Crippen molar-refractivity contribution in [1.82, 2.24) is 10.6 Å². The van der Waals surface area contributed by atoms with E-state index in [2.05, 4.69) is 10.6 Å². The van der Waals surface area contributed by atoms with Gasteiger partial charge in [-0.25, -0.2) is 4.79 Å². The van der Waals surface area contributed by atoms with Crippen LogP contribution < -0.4 is 22.1 Å². The topological polar surface area (TPSA) is 205 Å². The smallest absolute Gasteiger partial charge is 0.326 e. The second-order valence-electron chi connectivity index (χ2n) is 7.15. The van der Waals surface area contributed by atoms with E-state index in [4.69, 9.17) is 16.6 Å². The van der Waals surface area contributed by atoms with Crippen LogP contribution in [0.4, 0.5) is 0 Å². The first-order chi connectivity index (χ1) is 14.6. The van der Waals surface area contributed by atoms with E-state index in [-0.39, 0.29) is 18.6 Å². The van der Waals surface area contributed by atoms with Gasteiger partial charge in [-0.1, -0.05) is 18.6 Å². The number of phenols is 1. The largest absolute Gasteiger partial charge is 0.508 e. The molecule has 0 aliphatic carbocycles. The van der Waals surface area contributed by atoms with Crippen molar-refractivity contribution in [3.05, 3.63) is 29.8 Å². The number of carboxylic acids is 2. The highest BCUT2D eigenvalue weighted by atomic mass is 16.4. The third kappa shape index (κ3) is 9.92. The third-order valence-corrected chi connectivity index (χ3v) is 4.58. The molecular formula is C20H30N4O7. The second-order valence-corrected chi connectivity index (χ2v) is 7.15. The summed E-state index contributed by atoms with van der Waals surface area (Å²) in [6.07, 6.45) is 0.956. The average molecular weight is 438 g/mol. The summed E-state index contributed by atoms with van der Waals surface area (Å²) in [6.45, 7) is 0.465. The molecule has 0 spiro atoms. The van der Waals surface area contributed by atoms with Crippen LogP contribution in [0.5, 0.6) is 5.75 Å². The molecule has 0 heterocycles. The van der Waals surface area contributed by atoms with Gasteiger partial charge in [-0.05, 0) is 43.5 Å². The van der Waals surface area contributed by atoms with Crippen LogP contribution in [0.25, 0.3) is 0 Å². The molecule has 1 aromatic carbocycles. The molecule has 0 bridgehead atoms. The van der Waals surface area contributed by atoms with E-state index in [9.17, 15) is 29.4 Å². The molecule has 31 heavy (non-hydrogen) atoms. The molecule has 0 saturated carbocycles.